The van der Waals surface area contributed by atoms with Gasteiger partial charge in [-0.1, -0.05) is 23.1 Å². The lowest BCUT2D eigenvalue weighted by Crippen LogP contribution is -2.57. The Morgan fingerprint density at radius 1 is 1.10 bits per heavy atom. The van der Waals surface area contributed by atoms with Gasteiger partial charge in [0.1, 0.15) is 0 Å². The van der Waals surface area contributed by atoms with Crippen LogP contribution in [0.25, 0.3) is 0 Å². The van der Waals surface area contributed by atoms with E-state index in [4.69, 9.17) is 4.74 Å². The Balaban J connectivity index is 1.18. The Labute approximate surface area is 178 Å². The molecule has 4 fully saturated rings. The van der Waals surface area contributed by atoms with Gasteiger partial charge in [0.15, 0.2) is 4.34 Å². The van der Waals surface area contributed by atoms with Gasteiger partial charge in [0.25, 0.3) is 5.91 Å². The number of nitrogens with one attached hydrogen (secondary N) is 1. The smallest absolute Gasteiger partial charge is 0.251 e. The largest absolute Gasteiger partial charge is 0.378 e. The molecule has 6 rings (SSSR count). The molecule has 1 aromatic carbocycles. The van der Waals surface area contributed by atoms with E-state index in [0.717, 1.165) is 52.8 Å². The SMILES string of the molecule is O=C(N[C@H]1CN2CCC1CC2)c1ccc(Sc2nnc(N3CCOCC3)s2)cc1. The number of ether oxygens (including phenoxy) is 1. The zero-order valence-corrected chi connectivity index (χ0v) is 17.9. The molecule has 1 aromatic heterocycles. The molecule has 0 spiro atoms. The van der Waals surface area contributed by atoms with E-state index in [1.54, 1.807) is 23.1 Å². The van der Waals surface area contributed by atoms with Gasteiger partial charge in [-0.05, 0) is 56.1 Å². The number of nitrogens with zero attached hydrogens (tertiary/aromatic N) is 4. The number of piperidine rings is 3. The first-order chi connectivity index (χ1) is 14.2. The lowest BCUT2D eigenvalue weighted by molar-refractivity contribution is 0.0620. The van der Waals surface area contributed by atoms with Crippen LogP contribution in [0.5, 0.6) is 0 Å². The third-order valence-electron chi connectivity index (χ3n) is 5.97. The van der Waals surface area contributed by atoms with Crippen LogP contribution in [0.2, 0.25) is 0 Å². The summed E-state index contributed by atoms with van der Waals surface area (Å²) in [7, 11) is 0. The van der Waals surface area contributed by atoms with Crippen molar-refractivity contribution in [2.24, 2.45) is 5.92 Å². The fourth-order valence-electron chi connectivity index (χ4n) is 4.28. The normalized spacial score (nSPS) is 26.5. The van der Waals surface area contributed by atoms with Crippen LogP contribution in [0.1, 0.15) is 23.2 Å². The number of aromatic nitrogens is 2. The van der Waals surface area contributed by atoms with E-state index in [1.165, 1.54) is 25.9 Å². The molecule has 154 valence electrons. The van der Waals surface area contributed by atoms with Crippen LogP contribution >= 0.6 is 23.1 Å². The molecule has 29 heavy (non-hydrogen) atoms. The molecule has 4 saturated heterocycles. The molecule has 9 heteroatoms. The van der Waals surface area contributed by atoms with Crippen molar-refractivity contribution in [3.63, 3.8) is 0 Å². The van der Waals surface area contributed by atoms with Crippen molar-refractivity contribution in [2.45, 2.75) is 28.1 Å². The maximum absolute atomic E-state index is 12.7. The van der Waals surface area contributed by atoms with Crippen molar-refractivity contribution in [2.75, 3.05) is 50.8 Å². The van der Waals surface area contributed by atoms with Gasteiger partial charge < -0.3 is 19.9 Å². The van der Waals surface area contributed by atoms with Crippen molar-refractivity contribution in [1.29, 1.82) is 0 Å². The molecule has 2 bridgehead atoms. The van der Waals surface area contributed by atoms with Crippen LogP contribution < -0.4 is 10.2 Å². The zero-order valence-electron chi connectivity index (χ0n) is 16.2. The minimum atomic E-state index is 0.0332. The second kappa shape index (κ2) is 8.59. The third kappa shape index (κ3) is 4.42. The van der Waals surface area contributed by atoms with Crippen LogP contribution in [0, 0.1) is 5.92 Å². The van der Waals surface area contributed by atoms with Crippen LogP contribution in [0.4, 0.5) is 5.13 Å². The average molecular weight is 432 g/mol. The van der Waals surface area contributed by atoms with Crippen molar-refractivity contribution in [1.82, 2.24) is 20.4 Å². The number of benzene rings is 1. The van der Waals surface area contributed by atoms with Crippen molar-refractivity contribution in [3.05, 3.63) is 29.8 Å². The number of hydrogen-bond acceptors (Lipinski definition) is 8. The molecule has 7 nitrogen and oxygen atoms in total. The molecular formula is C20H25N5O2S2. The third-order valence-corrected chi connectivity index (χ3v) is 8.01. The van der Waals surface area contributed by atoms with Crippen molar-refractivity contribution in [3.8, 4) is 0 Å². The molecule has 5 heterocycles. The molecule has 1 atom stereocenters. The molecular weight excluding hydrogens is 406 g/mol. The maximum atomic E-state index is 12.7. The van der Waals surface area contributed by atoms with Crippen molar-refractivity contribution >= 4 is 34.1 Å². The van der Waals surface area contributed by atoms with Gasteiger partial charge in [0.05, 0.1) is 13.2 Å². The summed E-state index contributed by atoms with van der Waals surface area (Å²) in [5.41, 5.74) is 0.720. The molecule has 1 amide bonds. The predicted octanol–water partition coefficient (Wildman–Crippen LogP) is 2.35. The fraction of sp³-hybridized carbons (Fsp3) is 0.550. The standard InChI is InChI=1S/C20H25N5O2S2/c26-18(21-17-13-24-7-5-14(17)6-8-24)15-1-3-16(4-2-15)28-20-23-22-19(29-20)25-9-11-27-12-10-25/h1-4,14,17H,5-13H2,(H,21,26)/t17-/m0/s1. The minimum absolute atomic E-state index is 0.0332. The highest BCUT2D eigenvalue weighted by molar-refractivity contribution is 8.01. The van der Waals surface area contributed by atoms with E-state index in [9.17, 15) is 4.79 Å². The highest BCUT2D eigenvalue weighted by atomic mass is 32.2. The van der Waals surface area contributed by atoms with Crippen LogP contribution in [0.15, 0.2) is 33.5 Å². The number of hydrogen-bond donors (Lipinski definition) is 1. The molecule has 1 N–H and O–H groups in total. The number of carbonyl (C=O) groups is 1. The first-order valence-corrected chi connectivity index (χ1v) is 11.9. The topological polar surface area (TPSA) is 70.6 Å². The lowest BCUT2D eigenvalue weighted by atomic mass is 9.84. The lowest BCUT2D eigenvalue weighted by Gasteiger charge is -2.44. The van der Waals surface area contributed by atoms with Gasteiger partial charge in [0.2, 0.25) is 5.13 Å². The van der Waals surface area contributed by atoms with Gasteiger partial charge in [-0.3, -0.25) is 4.79 Å². The number of morpholine rings is 1. The summed E-state index contributed by atoms with van der Waals surface area (Å²) in [6.07, 6.45) is 2.41. The Morgan fingerprint density at radius 3 is 2.55 bits per heavy atom. The van der Waals surface area contributed by atoms with Gasteiger partial charge >= 0.3 is 0 Å². The molecule has 0 aliphatic carbocycles. The van der Waals surface area contributed by atoms with Gasteiger partial charge in [-0.2, -0.15) is 0 Å². The van der Waals surface area contributed by atoms with E-state index >= 15 is 0 Å². The summed E-state index contributed by atoms with van der Waals surface area (Å²) in [6.45, 7) is 6.57. The average Bonchev–Trinajstić information content (AvgIpc) is 3.24. The van der Waals surface area contributed by atoms with Crippen LogP contribution in [-0.4, -0.2) is 73.0 Å². The zero-order chi connectivity index (χ0) is 19.6. The molecule has 2 aromatic rings. The highest BCUT2D eigenvalue weighted by Gasteiger charge is 2.34. The highest BCUT2D eigenvalue weighted by Crippen LogP contribution is 2.33. The van der Waals surface area contributed by atoms with Gasteiger partial charge in [-0.15, -0.1) is 10.2 Å². The Bertz CT molecular complexity index is 845. The first kappa shape index (κ1) is 19.3. The Hall–Kier alpha value is -1.68. The summed E-state index contributed by atoms with van der Waals surface area (Å²) in [5.74, 6) is 0.669. The van der Waals surface area contributed by atoms with E-state index in [2.05, 4.69) is 25.3 Å². The van der Waals surface area contributed by atoms with E-state index in [0.29, 0.717) is 12.0 Å². The van der Waals surface area contributed by atoms with E-state index in [1.807, 2.05) is 24.3 Å². The van der Waals surface area contributed by atoms with Gasteiger partial charge in [-0.25, -0.2) is 0 Å². The van der Waals surface area contributed by atoms with Crippen LogP contribution in [-0.2, 0) is 4.74 Å². The molecule has 4 aliphatic heterocycles. The van der Waals surface area contributed by atoms with Crippen molar-refractivity contribution < 1.29 is 9.53 Å². The number of amides is 1. The summed E-state index contributed by atoms with van der Waals surface area (Å²) in [6, 6.07) is 8.09. The minimum Gasteiger partial charge on any atom is -0.378 e. The summed E-state index contributed by atoms with van der Waals surface area (Å²) >= 11 is 3.19. The Morgan fingerprint density at radius 2 is 1.86 bits per heavy atom. The monoisotopic (exact) mass is 431 g/mol. The number of rotatable bonds is 5. The number of carbonyl (C=O) groups excluding carboxylic acids is 1. The molecule has 0 saturated carbocycles. The maximum Gasteiger partial charge on any atom is 0.251 e. The van der Waals surface area contributed by atoms with E-state index < -0.39 is 0 Å². The summed E-state index contributed by atoms with van der Waals surface area (Å²) in [4.78, 5) is 18.4. The van der Waals surface area contributed by atoms with Gasteiger partial charge in [0, 0.05) is 36.1 Å². The summed E-state index contributed by atoms with van der Waals surface area (Å²) < 4.78 is 6.30. The fourth-order valence-corrected chi connectivity index (χ4v) is 6.15. The molecule has 0 unspecified atom stereocenters. The second-order valence-corrected chi connectivity index (χ2v) is 10.1. The number of fused-ring (bicyclic) bond motifs is 3. The quantitative estimate of drug-likeness (QED) is 0.779. The van der Waals surface area contributed by atoms with Crippen LogP contribution in [0.3, 0.4) is 0 Å². The number of anilines is 1. The molecule has 4 aliphatic rings. The predicted molar refractivity (Wildman–Crippen MR) is 114 cm³/mol. The Kier molecular flexibility index (Phi) is 5.72. The second-order valence-electron chi connectivity index (χ2n) is 7.79. The first-order valence-electron chi connectivity index (χ1n) is 10.2. The van der Waals surface area contributed by atoms with E-state index in [-0.39, 0.29) is 5.91 Å². The summed E-state index contributed by atoms with van der Waals surface area (Å²) in [5, 5.41) is 12.8. The molecule has 0 radical (unpaired) electrons.